The van der Waals surface area contributed by atoms with Gasteiger partial charge in [0, 0.05) is 28.1 Å². The number of carbonyl (C=O) groups excluding carboxylic acids is 2. The first kappa shape index (κ1) is 24.9. The van der Waals surface area contributed by atoms with E-state index in [9.17, 15) is 9.59 Å². The van der Waals surface area contributed by atoms with E-state index in [4.69, 9.17) is 11.6 Å². The molecule has 0 radical (unpaired) electrons. The smallest absolute Gasteiger partial charge is 0.251 e. The summed E-state index contributed by atoms with van der Waals surface area (Å²) in [5, 5.41) is 15.8. The van der Waals surface area contributed by atoms with Crippen LogP contribution in [0.15, 0.2) is 59.8 Å². The minimum absolute atomic E-state index is 0.150. The lowest BCUT2D eigenvalue weighted by atomic mass is 10.1. The molecule has 11 heteroatoms. The SMILES string of the molecule is Cc1sc(NC(=O)CSc2nnc([C@@H](C)NC(=O)c3ccc(Cl)cc3)n2C)nc1-c1ccccc1. The van der Waals surface area contributed by atoms with Gasteiger partial charge in [0.1, 0.15) is 0 Å². The van der Waals surface area contributed by atoms with Crippen LogP contribution in [0.25, 0.3) is 11.3 Å². The van der Waals surface area contributed by atoms with E-state index >= 15 is 0 Å². The van der Waals surface area contributed by atoms with Crippen LogP contribution in [0.2, 0.25) is 5.02 Å². The van der Waals surface area contributed by atoms with Crippen molar-refractivity contribution < 1.29 is 9.59 Å². The van der Waals surface area contributed by atoms with Gasteiger partial charge >= 0.3 is 0 Å². The molecule has 1 atom stereocenters. The molecular weight excluding hydrogens is 504 g/mol. The number of benzene rings is 2. The van der Waals surface area contributed by atoms with Crippen LogP contribution in [0.5, 0.6) is 0 Å². The van der Waals surface area contributed by atoms with Crippen LogP contribution in [-0.4, -0.2) is 37.3 Å². The summed E-state index contributed by atoms with van der Waals surface area (Å²) in [5.41, 5.74) is 2.38. The standard InChI is InChI=1S/C24H23ClN6O2S2/c1-14(26-22(33)17-9-11-18(25)12-10-17)21-29-30-24(31(21)3)34-13-19(32)27-23-28-20(15(2)35-23)16-7-5-4-6-8-16/h4-12,14H,13H2,1-3H3,(H,26,33)(H,27,28,32)/t14-/m1/s1. The Morgan fingerprint density at radius 2 is 1.83 bits per heavy atom. The molecular formula is C24H23ClN6O2S2. The zero-order valence-corrected chi connectivity index (χ0v) is 21.7. The number of thioether (sulfide) groups is 1. The minimum Gasteiger partial charge on any atom is -0.342 e. The fourth-order valence-corrected chi connectivity index (χ4v) is 5.07. The number of aryl methyl sites for hydroxylation is 1. The Bertz CT molecular complexity index is 1340. The highest BCUT2D eigenvalue weighted by molar-refractivity contribution is 7.99. The molecule has 0 bridgehead atoms. The first-order valence-electron chi connectivity index (χ1n) is 10.7. The number of rotatable bonds is 8. The third-order valence-corrected chi connectivity index (χ3v) is 7.29. The highest BCUT2D eigenvalue weighted by Gasteiger charge is 2.19. The van der Waals surface area contributed by atoms with Crippen LogP contribution in [-0.2, 0) is 11.8 Å². The van der Waals surface area contributed by atoms with Gasteiger partial charge in [-0.15, -0.1) is 21.5 Å². The Hall–Kier alpha value is -3.21. The van der Waals surface area contributed by atoms with Crippen molar-refractivity contribution in [2.75, 3.05) is 11.1 Å². The van der Waals surface area contributed by atoms with Gasteiger partial charge in [-0.1, -0.05) is 53.7 Å². The molecule has 2 heterocycles. The number of nitrogens with one attached hydrogen (secondary N) is 2. The second-order valence-corrected chi connectivity index (χ2v) is 10.3. The monoisotopic (exact) mass is 526 g/mol. The van der Waals surface area contributed by atoms with Crippen LogP contribution in [0.1, 0.15) is 34.0 Å². The maximum absolute atomic E-state index is 12.5. The molecule has 0 aliphatic carbocycles. The van der Waals surface area contributed by atoms with Gasteiger partial charge in [0.2, 0.25) is 5.91 Å². The molecule has 4 rings (SSSR count). The normalized spacial score (nSPS) is 11.8. The third kappa shape index (κ3) is 6.08. The number of amides is 2. The van der Waals surface area contributed by atoms with Crippen molar-refractivity contribution in [2.24, 2.45) is 7.05 Å². The average molecular weight is 527 g/mol. The summed E-state index contributed by atoms with van der Waals surface area (Å²) in [7, 11) is 1.80. The second kappa shape index (κ2) is 11.0. The molecule has 2 N–H and O–H groups in total. The Morgan fingerprint density at radius 3 is 2.54 bits per heavy atom. The summed E-state index contributed by atoms with van der Waals surface area (Å²) in [6.07, 6.45) is 0. The third-order valence-electron chi connectivity index (χ3n) is 5.13. The lowest BCUT2D eigenvalue weighted by Gasteiger charge is -2.13. The molecule has 0 saturated heterocycles. The Balaban J connectivity index is 1.33. The molecule has 0 fully saturated rings. The molecule has 0 saturated carbocycles. The number of anilines is 1. The predicted octanol–water partition coefficient (Wildman–Crippen LogP) is 5.12. The van der Waals surface area contributed by atoms with Gasteiger partial charge in [-0.3, -0.25) is 9.59 Å². The van der Waals surface area contributed by atoms with Crippen LogP contribution in [0.4, 0.5) is 5.13 Å². The first-order valence-corrected chi connectivity index (χ1v) is 12.9. The van der Waals surface area contributed by atoms with Crippen LogP contribution >= 0.6 is 34.7 Å². The molecule has 0 unspecified atom stereocenters. The van der Waals surface area contributed by atoms with Crippen molar-refractivity contribution in [1.29, 1.82) is 0 Å². The molecule has 0 aliphatic rings. The molecule has 2 aromatic carbocycles. The zero-order valence-electron chi connectivity index (χ0n) is 19.3. The minimum atomic E-state index is -0.381. The average Bonchev–Trinajstić information content (AvgIpc) is 3.40. The fourth-order valence-electron chi connectivity index (χ4n) is 3.37. The van der Waals surface area contributed by atoms with E-state index in [1.165, 1.54) is 23.1 Å². The topological polar surface area (TPSA) is 102 Å². The quantitative estimate of drug-likeness (QED) is 0.309. The Kier molecular flexibility index (Phi) is 7.84. The molecule has 4 aromatic rings. The Morgan fingerprint density at radius 1 is 1.11 bits per heavy atom. The highest BCUT2D eigenvalue weighted by atomic mass is 35.5. The maximum Gasteiger partial charge on any atom is 0.251 e. The summed E-state index contributed by atoms with van der Waals surface area (Å²) >= 11 is 8.59. The summed E-state index contributed by atoms with van der Waals surface area (Å²) < 4.78 is 1.77. The van der Waals surface area contributed by atoms with Gasteiger partial charge in [-0.25, -0.2) is 4.98 Å². The summed E-state index contributed by atoms with van der Waals surface area (Å²) in [6, 6.07) is 16.1. The predicted molar refractivity (Wildman–Crippen MR) is 140 cm³/mol. The number of aromatic nitrogens is 4. The molecule has 2 amide bonds. The van der Waals surface area contributed by atoms with Crippen LogP contribution in [0, 0.1) is 6.92 Å². The van der Waals surface area contributed by atoms with Crippen molar-refractivity contribution in [1.82, 2.24) is 25.1 Å². The summed E-state index contributed by atoms with van der Waals surface area (Å²) in [5.74, 6) is 0.311. The molecule has 0 aliphatic heterocycles. The van der Waals surface area contributed by atoms with Crippen LogP contribution < -0.4 is 10.6 Å². The van der Waals surface area contributed by atoms with Crippen LogP contribution in [0.3, 0.4) is 0 Å². The van der Waals surface area contributed by atoms with Crippen molar-refractivity contribution >= 4 is 51.6 Å². The molecule has 2 aromatic heterocycles. The van der Waals surface area contributed by atoms with E-state index in [0.29, 0.717) is 26.7 Å². The molecule has 180 valence electrons. The fraction of sp³-hybridized carbons (Fsp3) is 0.208. The molecule has 8 nitrogen and oxygen atoms in total. The van der Waals surface area contributed by atoms with Gasteiger partial charge in [-0.2, -0.15) is 0 Å². The van der Waals surface area contributed by atoms with E-state index in [0.717, 1.165) is 16.1 Å². The van der Waals surface area contributed by atoms with Gasteiger partial charge in [0.15, 0.2) is 16.1 Å². The number of nitrogens with zero attached hydrogens (tertiary/aromatic N) is 4. The first-order chi connectivity index (χ1) is 16.8. The van der Waals surface area contributed by atoms with Gasteiger partial charge in [-0.05, 0) is 38.1 Å². The van der Waals surface area contributed by atoms with Gasteiger partial charge in [0.25, 0.3) is 5.91 Å². The number of halogens is 1. The van der Waals surface area contributed by atoms with Crippen molar-refractivity contribution in [2.45, 2.75) is 25.0 Å². The van der Waals surface area contributed by atoms with E-state index in [1.54, 1.807) is 35.9 Å². The second-order valence-electron chi connectivity index (χ2n) is 7.73. The van der Waals surface area contributed by atoms with E-state index < -0.39 is 0 Å². The summed E-state index contributed by atoms with van der Waals surface area (Å²) in [6.45, 7) is 3.81. The lowest BCUT2D eigenvalue weighted by molar-refractivity contribution is -0.113. The van der Waals surface area contributed by atoms with Gasteiger partial charge < -0.3 is 15.2 Å². The zero-order chi connectivity index (χ0) is 24.9. The number of hydrogen-bond acceptors (Lipinski definition) is 7. The summed E-state index contributed by atoms with van der Waals surface area (Å²) in [4.78, 5) is 30.6. The van der Waals surface area contributed by atoms with E-state index in [-0.39, 0.29) is 23.6 Å². The molecule has 35 heavy (non-hydrogen) atoms. The van der Waals surface area contributed by atoms with Gasteiger partial charge in [0.05, 0.1) is 17.5 Å². The molecule has 0 spiro atoms. The van der Waals surface area contributed by atoms with Crippen molar-refractivity contribution in [3.8, 4) is 11.3 Å². The number of hydrogen-bond donors (Lipinski definition) is 2. The lowest BCUT2D eigenvalue weighted by Crippen LogP contribution is -2.28. The highest BCUT2D eigenvalue weighted by Crippen LogP contribution is 2.30. The van der Waals surface area contributed by atoms with Crippen molar-refractivity contribution in [3.63, 3.8) is 0 Å². The number of carbonyl (C=O) groups is 2. The Labute approximate surface area is 216 Å². The van der Waals surface area contributed by atoms with E-state index in [2.05, 4.69) is 25.8 Å². The maximum atomic E-state index is 12.5. The largest absolute Gasteiger partial charge is 0.342 e. The number of thiazole rings is 1. The van der Waals surface area contributed by atoms with Crippen molar-refractivity contribution in [3.05, 3.63) is 75.9 Å². The van der Waals surface area contributed by atoms with E-state index in [1.807, 2.05) is 44.2 Å².